The molecule has 0 unspecified atom stereocenters. The summed E-state index contributed by atoms with van der Waals surface area (Å²) in [5, 5.41) is 0. The fourth-order valence-corrected chi connectivity index (χ4v) is 2.48. The van der Waals surface area contributed by atoms with Gasteiger partial charge in [-0.15, -0.1) is 0 Å². The van der Waals surface area contributed by atoms with Gasteiger partial charge in [-0.3, -0.25) is 0 Å². The van der Waals surface area contributed by atoms with Crippen molar-refractivity contribution in [3.05, 3.63) is 23.3 Å². The third kappa shape index (κ3) is 2.87. The molecule has 0 saturated heterocycles. The van der Waals surface area contributed by atoms with Gasteiger partial charge in [0.25, 0.3) is 5.69 Å². The highest BCUT2D eigenvalue weighted by Gasteiger charge is 2.41. The zero-order chi connectivity index (χ0) is 16.0. The van der Waals surface area contributed by atoms with Gasteiger partial charge in [-0.05, 0) is 16.4 Å². The summed E-state index contributed by atoms with van der Waals surface area (Å²) < 4.78 is 7.19. The van der Waals surface area contributed by atoms with Crippen LogP contribution in [0.2, 0.25) is 0 Å². The average molecular weight is 288 g/mol. The van der Waals surface area contributed by atoms with Gasteiger partial charge in [-0.2, -0.15) is 4.79 Å². The number of hydrogen-bond donors (Lipinski definition) is 0. The van der Waals surface area contributed by atoms with Crippen molar-refractivity contribution < 1.29 is 14.1 Å². The molecule has 0 bridgehead atoms. The molecule has 1 heterocycles. The van der Waals surface area contributed by atoms with Gasteiger partial charge in [-0.25, -0.2) is 0 Å². The molecule has 3 nitrogen and oxygen atoms in total. The van der Waals surface area contributed by atoms with Crippen LogP contribution in [0.15, 0.2) is 12.1 Å². The number of rotatable bonds is 1. The molecule has 1 aliphatic rings. The standard InChI is InChI=1S/C18H26NO2/c1-8-9-19-14-11-12(17(2,3)4)10-13(18(5,6)7)15(14)21-16(19)20/h9-11H,8H2,1-7H3/q+1/b19-9+. The summed E-state index contributed by atoms with van der Waals surface area (Å²) in [7, 11) is 0. The predicted octanol–water partition coefficient (Wildman–Crippen LogP) is 4.92. The van der Waals surface area contributed by atoms with Gasteiger partial charge in [0.05, 0.1) is 0 Å². The third-order valence-electron chi connectivity index (χ3n) is 3.75. The molecule has 1 aromatic carbocycles. The molecule has 0 spiro atoms. The lowest BCUT2D eigenvalue weighted by Crippen LogP contribution is -2.17. The fourth-order valence-electron chi connectivity index (χ4n) is 2.48. The number of ether oxygens (including phenoxy) is 1. The SMILES string of the molecule is CC/C=[N+]1/C(=O)Oc2c1cc(C(C)(C)C)cc2C(C)(C)C. The van der Waals surface area contributed by atoms with Gasteiger partial charge in [0.1, 0.15) is 0 Å². The van der Waals surface area contributed by atoms with Crippen LogP contribution < -0.4 is 4.74 Å². The predicted molar refractivity (Wildman–Crippen MR) is 86.1 cm³/mol. The minimum atomic E-state index is -0.302. The number of carbonyl (C=O) groups is 1. The van der Waals surface area contributed by atoms with Crippen LogP contribution in [0.5, 0.6) is 5.75 Å². The van der Waals surface area contributed by atoms with E-state index in [4.69, 9.17) is 4.74 Å². The zero-order valence-corrected chi connectivity index (χ0v) is 14.2. The Kier molecular flexibility index (Phi) is 3.73. The van der Waals surface area contributed by atoms with Crippen molar-refractivity contribution in [2.75, 3.05) is 0 Å². The Balaban J connectivity index is 2.77. The van der Waals surface area contributed by atoms with E-state index in [9.17, 15) is 4.79 Å². The van der Waals surface area contributed by atoms with Gasteiger partial charge in [0.2, 0.25) is 5.75 Å². The lowest BCUT2D eigenvalue weighted by molar-refractivity contribution is -0.329. The first kappa shape index (κ1) is 15.7. The van der Waals surface area contributed by atoms with E-state index in [0.717, 1.165) is 17.7 Å². The summed E-state index contributed by atoms with van der Waals surface area (Å²) in [5.74, 6) is 0.713. The van der Waals surface area contributed by atoms with Gasteiger partial charge >= 0.3 is 6.09 Å². The Morgan fingerprint density at radius 1 is 1.10 bits per heavy atom. The van der Waals surface area contributed by atoms with E-state index in [0.29, 0.717) is 5.75 Å². The van der Waals surface area contributed by atoms with Crippen LogP contribution in [-0.4, -0.2) is 16.9 Å². The Morgan fingerprint density at radius 3 is 2.19 bits per heavy atom. The first-order chi connectivity index (χ1) is 9.55. The maximum absolute atomic E-state index is 12.1. The molecule has 3 heteroatoms. The number of benzene rings is 1. The van der Waals surface area contributed by atoms with Crippen LogP contribution >= 0.6 is 0 Å². The van der Waals surface area contributed by atoms with E-state index in [1.807, 2.05) is 13.1 Å². The van der Waals surface area contributed by atoms with Crippen molar-refractivity contribution in [3.63, 3.8) is 0 Å². The molecule has 1 amide bonds. The molecule has 0 aliphatic carbocycles. The first-order valence-electron chi connectivity index (χ1n) is 7.59. The Hall–Kier alpha value is -1.64. The molecular formula is C18H26NO2+. The molecule has 21 heavy (non-hydrogen) atoms. The highest BCUT2D eigenvalue weighted by atomic mass is 16.6. The van der Waals surface area contributed by atoms with Crippen LogP contribution in [-0.2, 0) is 10.8 Å². The molecule has 0 atom stereocenters. The van der Waals surface area contributed by atoms with Crippen LogP contribution in [0, 0.1) is 0 Å². The molecule has 2 rings (SSSR count). The van der Waals surface area contributed by atoms with Crippen LogP contribution in [0.4, 0.5) is 10.5 Å². The van der Waals surface area contributed by atoms with Gasteiger partial charge in [0, 0.05) is 18.1 Å². The number of amides is 1. The van der Waals surface area contributed by atoms with E-state index in [1.54, 1.807) is 4.58 Å². The van der Waals surface area contributed by atoms with Crippen molar-refractivity contribution in [2.45, 2.75) is 65.7 Å². The summed E-state index contributed by atoms with van der Waals surface area (Å²) in [4.78, 5) is 12.1. The second-order valence-electron chi connectivity index (χ2n) is 7.70. The topological polar surface area (TPSA) is 29.3 Å². The molecular weight excluding hydrogens is 262 g/mol. The molecule has 114 valence electrons. The average Bonchev–Trinajstić information content (AvgIpc) is 2.63. The third-order valence-corrected chi connectivity index (χ3v) is 3.75. The molecule has 0 saturated carbocycles. The number of hydrogen-bond acceptors (Lipinski definition) is 2. The quantitative estimate of drug-likeness (QED) is 0.686. The Labute approximate surface area is 127 Å². The summed E-state index contributed by atoms with van der Waals surface area (Å²) in [6, 6.07) is 4.27. The number of nitrogens with zero attached hydrogens (tertiary/aromatic N) is 1. The summed E-state index contributed by atoms with van der Waals surface area (Å²) >= 11 is 0. The van der Waals surface area contributed by atoms with Crippen LogP contribution in [0.3, 0.4) is 0 Å². The van der Waals surface area contributed by atoms with E-state index < -0.39 is 0 Å². The van der Waals surface area contributed by atoms with Crippen molar-refractivity contribution >= 4 is 18.0 Å². The monoisotopic (exact) mass is 288 g/mol. The van der Waals surface area contributed by atoms with Crippen molar-refractivity contribution in [1.82, 2.24) is 0 Å². The van der Waals surface area contributed by atoms with Crippen molar-refractivity contribution in [2.24, 2.45) is 0 Å². The summed E-state index contributed by atoms with van der Waals surface area (Å²) in [6.07, 6.45) is 2.37. The van der Waals surface area contributed by atoms with E-state index >= 15 is 0 Å². The highest BCUT2D eigenvalue weighted by molar-refractivity contribution is 5.80. The zero-order valence-electron chi connectivity index (χ0n) is 14.2. The van der Waals surface area contributed by atoms with Crippen LogP contribution in [0.1, 0.15) is 66.0 Å². The minimum Gasteiger partial charge on any atom is -0.365 e. The molecule has 0 radical (unpaired) electrons. The molecule has 1 aromatic rings. The molecule has 0 aromatic heterocycles. The van der Waals surface area contributed by atoms with E-state index in [-0.39, 0.29) is 16.9 Å². The fraction of sp³-hybridized carbons (Fsp3) is 0.556. The van der Waals surface area contributed by atoms with Gasteiger partial charge in [-0.1, -0.05) is 59.1 Å². The maximum Gasteiger partial charge on any atom is 0.608 e. The van der Waals surface area contributed by atoms with Gasteiger partial charge < -0.3 is 4.74 Å². The van der Waals surface area contributed by atoms with Crippen molar-refractivity contribution in [3.8, 4) is 5.75 Å². The highest BCUT2D eigenvalue weighted by Crippen LogP contribution is 2.45. The minimum absolute atomic E-state index is 0.0263. The van der Waals surface area contributed by atoms with E-state index in [1.165, 1.54) is 5.56 Å². The number of fused-ring (bicyclic) bond motifs is 1. The second kappa shape index (κ2) is 4.97. The molecule has 0 fully saturated rings. The second-order valence-corrected chi connectivity index (χ2v) is 7.70. The molecule has 0 N–H and O–H groups in total. The van der Waals surface area contributed by atoms with Crippen molar-refractivity contribution in [1.29, 1.82) is 0 Å². The van der Waals surface area contributed by atoms with E-state index in [2.05, 4.69) is 53.7 Å². The Bertz CT molecular complexity index is 613. The lowest BCUT2D eigenvalue weighted by Gasteiger charge is -2.25. The first-order valence-corrected chi connectivity index (χ1v) is 7.59. The maximum atomic E-state index is 12.1. The normalized spacial score (nSPS) is 17.1. The largest absolute Gasteiger partial charge is 0.608 e. The molecule has 1 aliphatic heterocycles. The lowest BCUT2D eigenvalue weighted by atomic mass is 9.80. The van der Waals surface area contributed by atoms with Gasteiger partial charge in [0.15, 0.2) is 6.21 Å². The summed E-state index contributed by atoms with van der Waals surface area (Å²) in [6.45, 7) is 15.0. The smallest absolute Gasteiger partial charge is 0.365 e. The summed E-state index contributed by atoms with van der Waals surface area (Å²) in [5.41, 5.74) is 3.13. The van der Waals surface area contributed by atoms with Crippen LogP contribution in [0.25, 0.3) is 0 Å². The Morgan fingerprint density at radius 2 is 1.71 bits per heavy atom. The number of carbonyl (C=O) groups excluding carboxylic acids is 1.